The third-order valence-corrected chi connectivity index (χ3v) is 3.33. The van der Waals surface area contributed by atoms with E-state index >= 15 is 0 Å². The van der Waals surface area contributed by atoms with Gasteiger partial charge in [0.1, 0.15) is 0 Å². The SMILES string of the molecule is CCCN(CCC)C(=O)c1ccc(NC(=O)/C=C/C(=O)OCC)cc1. The Bertz CT molecular complexity index is 602. The van der Waals surface area contributed by atoms with Crippen LogP contribution in [0.25, 0.3) is 0 Å². The van der Waals surface area contributed by atoms with Crippen LogP contribution in [0.3, 0.4) is 0 Å². The molecule has 0 fully saturated rings. The number of nitrogens with one attached hydrogen (secondary N) is 1. The predicted molar refractivity (Wildman–Crippen MR) is 97.3 cm³/mol. The van der Waals surface area contributed by atoms with E-state index in [1.165, 1.54) is 0 Å². The summed E-state index contributed by atoms with van der Waals surface area (Å²) in [6, 6.07) is 6.70. The number of ether oxygens (including phenoxy) is 1. The Kier molecular flexibility index (Phi) is 9.00. The molecule has 0 aliphatic carbocycles. The maximum absolute atomic E-state index is 12.5. The molecule has 1 aromatic rings. The molecule has 0 aliphatic heterocycles. The van der Waals surface area contributed by atoms with Crippen molar-refractivity contribution in [1.29, 1.82) is 0 Å². The first-order valence-corrected chi connectivity index (χ1v) is 8.56. The monoisotopic (exact) mass is 346 g/mol. The number of anilines is 1. The van der Waals surface area contributed by atoms with E-state index in [1.807, 2.05) is 18.7 Å². The van der Waals surface area contributed by atoms with Crippen molar-refractivity contribution in [3.63, 3.8) is 0 Å². The van der Waals surface area contributed by atoms with E-state index in [2.05, 4.69) is 5.32 Å². The number of esters is 1. The Morgan fingerprint density at radius 3 is 2.12 bits per heavy atom. The van der Waals surface area contributed by atoms with Gasteiger partial charge in [0, 0.05) is 36.5 Å². The molecular weight excluding hydrogens is 320 g/mol. The number of carbonyl (C=O) groups excluding carboxylic acids is 3. The van der Waals surface area contributed by atoms with Gasteiger partial charge in [-0.25, -0.2) is 4.79 Å². The van der Waals surface area contributed by atoms with Gasteiger partial charge in [0.25, 0.3) is 5.91 Å². The van der Waals surface area contributed by atoms with Crippen molar-refractivity contribution in [3.8, 4) is 0 Å². The fourth-order valence-corrected chi connectivity index (χ4v) is 2.25. The van der Waals surface area contributed by atoms with Gasteiger partial charge in [-0.3, -0.25) is 9.59 Å². The molecule has 0 atom stereocenters. The second-order valence-corrected chi connectivity index (χ2v) is 5.44. The molecule has 0 saturated carbocycles. The molecule has 6 nitrogen and oxygen atoms in total. The molecule has 0 saturated heterocycles. The molecule has 1 rings (SSSR count). The first-order valence-electron chi connectivity index (χ1n) is 8.56. The summed E-state index contributed by atoms with van der Waals surface area (Å²) in [4.78, 5) is 37.2. The zero-order valence-electron chi connectivity index (χ0n) is 15.1. The van der Waals surface area contributed by atoms with Crippen LogP contribution in [0.4, 0.5) is 5.69 Å². The third kappa shape index (κ3) is 7.20. The molecule has 0 bridgehead atoms. The molecule has 136 valence electrons. The highest BCUT2D eigenvalue weighted by Gasteiger charge is 2.14. The maximum atomic E-state index is 12.5. The van der Waals surface area contributed by atoms with Gasteiger partial charge in [-0.15, -0.1) is 0 Å². The van der Waals surface area contributed by atoms with E-state index in [4.69, 9.17) is 4.74 Å². The van der Waals surface area contributed by atoms with Gasteiger partial charge >= 0.3 is 5.97 Å². The smallest absolute Gasteiger partial charge is 0.330 e. The van der Waals surface area contributed by atoms with Crippen molar-refractivity contribution in [3.05, 3.63) is 42.0 Å². The van der Waals surface area contributed by atoms with Crippen molar-refractivity contribution >= 4 is 23.5 Å². The Hall–Kier alpha value is -2.63. The molecule has 2 amide bonds. The first kappa shape index (κ1) is 20.4. The second-order valence-electron chi connectivity index (χ2n) is 5.44. The average molecular weight is 346 g/mol. The van der Waals surface area contributed by atoms with Crippen molar-refractivity contribution < 1.29 is 19.1 Å². The zero-order chi connectivity index (χ0) is 18.7. The molecule has 1 aromatic carbocycles. The van der Waals surface area contributed by atoms with Crippen LogP contribution in [0.2, 0.25) is 0 Å². The fraction of sp³-hybridized carbons (Fsp3) is 0.421. The lowest BCUT2D eigenvalue weighted by atomic mass is 10.1. The van der Waals surface area contributed by atoms with E-state index in [9.17, 15) is 14.4 Å². The summed E-state index contributed by atoms with van der Waals surface area (Å²) in [6.07, 6.45) is 4.00. The van der Waals surface area contributed by atoms with Crippen LogP contribution >= 0.6 is 0 Å². The quantitative estimate of drug-likeness (QED) is 0.551. The van der Waals surface area contributed by atoms with Crippen LogP contribution in [0.5, 0.6) is 0 Å². The van der Waals surface area contributed by atoms with E-state index in [1.54, 1.807) is 31.2 Å². The molecule has 6 heteroatoms. The largest absolute Gasteiger partial charge is 0.463 e. The summed E-state index contributed by atoms with van der Waals surface area (Å²) >= 11 is 0. The number of nitrogens with zero attached hydrogens (tertiary/aromatic N) is 1. The lowest BCUT2D eigenvalue weighted by Gasteiger charge is -2.21. The zero-order valence-corrected chi connectivity index (χ0v) is 15.1. The molecule has 0 aliphatic rings. The lowest BCUT2D eigenvalue weighted by Crippen LogP contribution is -2.32. The van der Waals surface area contributed by atoms with Gasteiger partial charge in [-0.1, -0.05) is 13.8 Å². The minimum atomic E-state index is -0.564. The van der Waals surface area contributed by atoms with Crippen LogP contribution in [0.15, 0.2) is 36.4 Å². The van der Waals surface area contributed by atoms with E-state index in [0.717, 1.165) is 38.1 Å². The van der Waals surface area contributed by atoms with Gasteiger partial charge in [0.2, 0.25) is 5.91 Å². The van der Waals surface area contributed by atoms with Crippen molar-refractivity contribution in [2.45, 2.75) is 33.6 Å². The van der Waals surface area contributed by atoms with E-state index < -0.39 is 11.9 Å². The van der Waals surface area contributed by atoms with E-state index in [-0.39, 0.29) is 12.5 Å². The lowest BCUT2D eigenvalue weighted by molar-refractivity contribution is -0.137. The fourth-order valence-electron chi connectivity index (χ4n) is 2.25. The van der Waals surface area contributed by atoms with E-state index in [0.29, 0.717) is 11.3 Å². The highest BCUT2D eigenvalue weighted by atomic mass is 16.5. The number of hydrogen-bond donors (Lipinski definition) is 1. The molecular formula is C19H26N2O4. The molecule has 1 N–H and O–H groups in total. The van der Waals surface area contributed by atoms with Crippen LogP contribution < -0.4 is 5.32 Å². The summed E-state index contributed by atoms with van der Waals surface area (Å²) in [5.41, 5.74) is 1.13. The number of hydrogen-bond acceptors (Lipinski definition) is 4. The average Bonchev–Trinajstić information content (AvgIpc) is 2.60. The highest BCUT2D eigenvalue weighted by Crippen LogP contribution is 2.12. The summed E-state index contributed by atoms with van der Waals surface area (Å²) < 4.78 is 4.70. The Morgan fingerprint density at radius 1 is 1.00 bits per heavy atom. The van der Waals surface area contributed by atoms with Gasteiger partial charge in [0.15, 0.2) is 0 Å². The van der Waals surface area contributed by atoms with Gasteiger partial charge < -0.3 is 15.0 Å². The molecule has 25 heavy (non-hydrogen) atoms. The highest BCUT2D eigenvalue weighted by molar-refractivity contribution is 6.03. The normalized spacial score (nSPS) is 10.5. The topological polar surface area (TPSA) is 75.7 Å². The summed E-state index contributed by atoms with van der Waals surface area (Å²) in [5, 5.41) is 2.63. The van der Waals surface area contributed by atoms with Crippen molar-refractivity contribution in [2.24, 2.45) is 0 Å². The summed E-state index contributed by atoms with van der Waals surface area (Å²) in [6.45, 7) is 7.48. The van der Waals surface area contributed by atoms with Crippen LogP contribution in [0, 0.1) is 0 Å². The molecule has 0 spiro atoms. The summed E-state index contributed by atoms with van der Waals surface area (Å²) in [7, 11) is 0. The van der Waals surface area contributed by atoms with Gasteiger partial charge in [-0.2, -0.15) is 0 Å². The predicted octanol–water partition coefficient (Wildman–Crippen LogP) is 3.01. The van der Waals surface area contributed by atoms with Gasteiger partial charge in [-0.05, 0) is 44.0 Å². The number of benzene rings is 1. The van der Waals surface area contributed by atoms with Crippen molar-refractivity contribution in [2.75, 3.05) is 25.0 Å². The first-order chi connectivity index (χ1) is 12.0. The number of rotatable bonds is 9. The minimum absolute atomic E-state index is 0.0104. The molecule has 0 heterocycles. The maximum Gasteiger partial charge on any atom is 0.330 e. The number of carbonyl (C=O) groups is 3. The Labute approximate surface area is 148 Å². The third-order valence-electron chi connectivity index (χ3n) is 3.33. The Balaban J connectivity index is 2.67. The molecule has 0 radical (unpaired) electrons. The standard InChI is InChI=1S/C19H26N2O4/c1-4-13-21(14-5-2)19(24)15-7-9-16(10-8-15)20-17(22)11-12-18(23)25-6-3/h7-12H,4-6,13-14H2,1-3H3,(H,20,22)/b12-11+. The molecule has 0 aromatic heterocycles. The van der Waals surface area contributed by atoms with Crippen LogP contribution in [-0.2, 0) is 14.3 Å². The second kappa shape index (κ2) is 11.0. The number of amides is 2. The van der Waals surface area contributed by atoms with Gasteiger partial charge in [0.05, 0.1) is 6.61 Å². The van der Waals surface area contributed by atoms with Crippen LogP contribution in [0.1, 0.15) is 44.0 Å². The van der Waals surface area contributed by atoms with Crippen LogP contribution in [-0.4, -0.2) is 42.4 Å². The van der Waals surface area contributed by atoms with Crippen molar-refractivity contribution in [1.82, 2.24) is 4.90 Å². The summed E-state index contributed by atoms with van der Waals surface area (Å²) in [5.74, 6) is -1.01. The minimum Gasteiger partial charge on any atom is -0.463 e. The Morgan fingerprint density at radius 2 is 1.60 bits per heavy atom. The molecule has 0 unspecified atom stereocenters.